The van der Waals surface area contributed by atoms with Crippen LogP contribution >= 0.6 is 11.6 Å². The number of amides is 3. The van der Waals surface area contributed by atoms with Crippen molar-refractivity contribution in [3.63, 3.8) is 0 Å². The number of rotatable bonds is 5. The molecule has 0 spiro atoms. The molecule has 26 heavy (non-hydrogen) atoms. The van der Waals surface area contributed by atoms with Gasteiger partial charge in [0, 0.05) is 49.4 Å². The number of carbonyl (C=O) groups is 2. The predicted octanol–water partition coefficient (Wildman–Crippen LogP) is 1.97. The molecule has 6 nitrogen and oxygen atoms in total. The Morgan fingerprint density at radius 1 is 1.27 bits per heavy atom. The summed E-state index contributed by atoms with van der Waals surface area (Å²) in [7, 11) is 0. The summed E-state index contributed by atoms with van der Waals surface area (Å²) in [4.78, 5) is 28.1. The van der Waals surface area contributed by atoms with Gasteiger partial charge in [-0.15, -0.1) is 0 Å². The fourth-order valence-corrected chi connectivity index (χ4v) is 3.27. The van der Waals surface area contributed by atoms with E-state index in [0.717, 1.165) is 12.8 Å². The lowest BCUT2D eigenvalue weighted by Gasteiger charge is -2.37. The van der Waals surface area contributed by atoms with Gasteiger partial charge in [-0.25, -0.2) is 9.18 Å². The van der Waals surface area contributed by atoms with Crippen LogP contribution in [-0.2, 0) is 11.3 Å². The van der Waals surface area contributed by atoms with Crippen LogP contribution in [0.2, 0.25) is 5.02 Å². The lowest BCUT2D eigenvalue weighted by molar-refractivity contribution is -0.125. The van der Waals surface area contributed by atoms with Gasteiger partial charge in [0.15, 0.2) is 0 Å². The highest BCUT2D eigenvalue weighted by molar-refractivity contribution is 6.31. The van der Waals surface area contributed by atoms with E-state index in [4.69, 9.17) is 11.6 Å². The van der Waals surface area contributed by atoms with Crippen molar-refractivity contribution < 1.29 is 14.0 Å². The van der Waals surface area contributed by atoms with Crippen molar-refractivity contribution in [2.24, 2.45) is 0 Å². The maximum atomic E-state index is 13.9. The third-order valence-electron chi connectivity index (χ3n) is 4.93. The second kappa shape index (κ2) is 8.33. The molecular weight excluding hydrogens is 359 g/mol. The molecule has 1 aromatic rings. The van der Waals surface area contributed by atoms with Crippen molar-refractivity contribution >= 4 is 23.5 Å². The SMILES string of the molecule is CC(C(=O)NC(=O)NC1CC1)N1CCN(Cc2c(F)cccc2Cl)CC1. The molecular formula is C18H24ClFN4O2. The van der Waals surface area contributed by atoms with E-state index in [0.29, 0.717) is 43.3 Å². The quantitative estimate of drug-likeness (QED) is 0.817. The zero-order valence-electron chi connectivity index (χ0n) is 14.8. The van der Waals surface area contributed by atoms with Crippen molar-refractivity contribution in [3.05, 3.63) is 34.6 Å². The molecule has 1 aromatic carbocycles. The zero-order valence-corrected chi connectivity index (χ0v) is 15.6. The Labute approximate surface area is 157 Å². The largest absolute Gasteiger partial charge is 0.335 e. The Bertz CT molecular complexity index is 655. The minimum Gasteiger partial charge on any atom is -0.335 e. The van der Waals surface area contributed by atoms with E-state index in [1.54, 1.807) is 19.1 Å². The second-order valence-electron chi connectivity index (χ2n) is 6.93. The highest BCUT2D eigenvalue weighted by atomic mass is 35.5. The summed E-state index contributed by atoms with van der Waals surface area (Å²) in [6.45, 7) is 5.00. The number of imide groups is 1. The molecule has 1 saturated carbocycles. The van der Waals surface area contributed by atoms with Gasteiger partial charge in [-0.3, -0.25) is 19.9 Å². The summed E-state index contributed by atoms with van der Waals surface area (Å²) in [6.07, 6.45) is 1.95. The first-order chi connectivity index (χ1) is 12.4. The molecule has 1 unspecified atom stereocenters. The molecule has 0 bridgehead atoms. The van der Waals surface area contributed by atoms with Crippen molar-refractivity contribution in [2.45, 2.75) is 38.4 Å². The van der Waals surface area contributed by atoms with Crippen LogP contribution in [-0.4, -0.2) is 60.0 Å². The van der Waals surface area contributed by atoms with Gasteiger partial charge in [0.2, 0.25) is 5.91 Å². The Morgan fingerprint density at radius 3 is 2.58 bits per heavy atom. The number of piperazine rings is 1. The Morgan fingerprint density at radius 2 is 1.96 bits per heavy atom. The highest BCUT2D eigenvalue weighted by Gasteiger charge is 2.29. The number of nitrogens with zero attached hydrogens (tertiary/aromatic N) is 2. The van der Waals surface area contributed by atoms with Crippen LogP contribution in [0.3, 0.4) is 0 Å². The van der Waals surface area contributed by atoms with Gasteiger partial charge in [-0.05, 0) is 31.9 Å². The first-order valence-electron chi connectivity index (χ1n) is 8.94. The molecule has 8 heteroatoms. The minimum absolute atomic E-state index is 0.215. The second-order valence-corrected chi connectivity index (χ2v) is 7.33. The molecule has 0 aromatic heterocycles. The molecule has 1 aliphatic carbocycles. The Balaban J connectivity index is 1.46. The zero-order chi connectivity index (χ0) is 18.7. The summed E-state index contributed by atoms with van der Waals surface area (Å²) in [5.74, 6) is -0.594. The van der Waals surface area contributed by atoms with E-state index in [2.05, 4.69) is 15.5 Å². The normalized spacial score (nSPS) is 19.8. The number of carbonyl (C=O) groups excluding carboxylic acids is 2. The molecule has 1 saturated heterocycles. The minimum atomic E-state index is -0.419. The lowest BCUT2D eigenvalue weighted by Crippen LogP contribution is -2.55. The van der Waals surface area contributed by atoms with Crippen LogP contribution in [0.4, 0.5) is 9.18 Å². The summed E-state index contributed by atoms with van der Waals surface area (Å²) in [5.41, 5.74) is 0.505. The number of hydrogen-bond donors (Lipinski definition) is 2. The average molecular weight is 383 g/mol. The topological polar surface area (TPSA) is 64.7 Å². The van der Waals surface area contributed by atoms with Gasteiger partial charge >= 0.3 is 6.03 Å². The molecule has 3 rings (SSSR count). The van der Waals surface area contributed by atoms with Crippen molar-refractivity contribution in [1.29, 1.82) is 0 Å². The molecule has 1 atom stereocenters. The van der Waals surface area contributed by atoms with Crippen LogP contribution in [0, 0.1) is 5.82 Å². The van der Waals surface area contributed by atoms with E-state index in [1.165, 1.54) is 6.07 Å². The van der Waals surface area contributed by atoms with E-state index in [9.17, 15) is 14.0 Å². The van der Waals surface area contributed by atoms with Gasteiger partial charge < -0.3 is 5.32 Å². The van der Waals surface area contributed by atoms with Crippen molar-refractivity contribution in [2.75, 3.05) is 26.2 Å². The van der Waals surface area contributed by atoms with Crippen LogP contribution in [0.5, 0.6) is 0 Å². The van der Waals surface area contributed by atoms with E-state index < -0.39 is 6.03 Å². The first kappa shape index (κ1) is 19.1. The lowest BCUT2D eigenvalue weighted by atomic mass is 10.1. The summed E-state index contributed by atoms with van der Waals surface area (Å²) < 4.78 is 13.9. The van der Waals surface area contributed by atoms with E-state index >= 15 is 0 Å². The monoisotopic (exact) mass is 382 g/mol. The Hall–Kier alpha value is -1.70. The van der Waals surface area contributed by atoms with Crippen LogP contribution in [0.15, 0.2) is 18.2 Å². The standard InChI is InChI=1S/C18H24ClFN4O2/c1-12(17(25)22-18(26)21-13-5-6-13)24-9-7-23(8-10-24)11-14-15(19)3-2-4-16(14)20/h2-4,12-13H,5-11H2,1H3,(H2,21,22,25,26). The van der Waals surface area contributed by atoms with Crippen LogP contribution < -0.4 is 10.6 Å². The van der Waals surface area contributed by atoms with Gasteiger partial charge in [0.1, 0.15) is 5.82 Å². The number of nitrogens with one attached hydrogen (secondary N) is 2. The molecule has 2 fully saturated rings. The van der Waals surface area contributed by atoms with E-state index in [-0.39, 0.29) is 23.8 Å². The summed E-state index contributed by atoms with van der Waals surface area (Å²) >= 11 is 6.09. The average Bonchev–Trinajstić information content (AvgIpc) is 3.42. The smallest absolute Gasteiger partial charge is 0.321 e. The maximum absolute atomic E-state index is 13.9. The first-order valence-corrected chi connectivity index (χ1v) is 9.32. The van der Waals surface area contributed by atoms with Gasteiger partial charge in [0.05, 0.1) is 6.04 Å². The summed E-state index contributed by atoms with van der Waals surface area (Å²) in [6, 6.07) is 4.10. The number of hydrogen-bond acceptors (Lipinski definition) is 4. The molecule has 2 N–H and O–H groups in total. The third-order valence-corrected chi connectivity index (χ3v) is 5.28. The molecule has 142 valence electrons. The number of halogens is 2. The van der Waals surface area contributed by atoms with Crippen LogP contribution in [0.1, 0.15) is 25.3 Å². The number of urea groups is 1. The highest BCUT2D eigenvalue weighted by Crippen LogP contribution is 2.21. The predicted molar refractivity (Wildman–Crippen MR) is 97.4 cm³/mol. The van der Waals surface area contributed by atoms with Crippen molar-refractivity contribution in [1.82, 2.24) is 20.4 Å². The Kier molecular flexibility index (Phi) is 6.11. The van der Waals surface area contributed by atoms with Crippen LogP contribution in [0.25, 0.3) is 0 Å². The van der Waals surface area contributed by atoms with Crippen molar-refractivity contribution in [3.8, 4) is 0 Å². The summed E-state index contributed by atoms with van der Waals surface area (Å²) in [5, 5.41) is 5.58. The fourth-order valence-electron chi connectivity index (χ4n) is 3.05. The fraction of sp³-hybridized carbons (Fsp3) is 0.556. The molecule has 3 amide bonds. The van der Waals surface area contributed by atoms with E-state index in [1.807, 2.05) is 4.90 Å². The third kappa shape index (κ3) is 4.93. The maximum Gasteiger partial charge on any atom is 0.321 e. The van der Waals surface area contributed by atoms with Gasteiger partial charge in [-0.1, -0.05) is 17.7 Å². The molecule has 0 radical (unpaired) electrons. The number of benzene rings is 1. The molecule has 1 heterocycles. The molecule has 1 aliphatic heterocycles. The van der Waals surface area contributed by atoms with Gasteiger partial charge in [0.25, 0.3) is 0 Å². The van der Waals surface area contributed by atoms with Gasteiger partial charge in [-0.2, -0.15) is 0 Å². The molecule has 2 aliphatic rings.